The molecule has 1 amide bonds. The van der Waals surface area contributed by atoms with E-state index in [0.29, 0.717) is 18.9 Å². The minimum absolute atomic E-state index is 0.0354. The Morgan fingerprint density at radius 3 is 2.52 bits per heavy atom. The Hall–Kier alpha value is -2.29. The first kappa shape index (κ1) is 17.1. The molecule has 0 heterocycles. The minimum atomic E-state index is 0.0354. The number of benzene rings is 2. The monoisotopic (exact) mass is 310 g/mol. The second-order valence-corrected chi connectivity index (χ2v) is 6.29. The second kappa shape index (κ2) is 7.82. The fourth-order valence-electron chi connectivity index (χ4n) is 2.56. The first-order valence-electron chi connectivity index (χ1n) is 8.17. The summed E-state index contributed by atoms with van der Waals surface area (Å²) in [5.74, 6) is 0.496. The third-order valence-electron chi connectivity index (χ3n) is 3.92. The molecule has 0 spiro atoms. The van der Waals surface area contributed by atoms with Gasteiger partial charge in [-0.05, 0) is 48.6 Å². The molecule has 0 saturated heterocycles. The highest BCUT2D eigenvalue weighted by Gasteiger charge is 2.07. The van der Waals surface area contributed by atoms with E-state index in [-0.39, 0.29) is 5.91 Å². The Morgan fingerprint density at radius 1 is 1.04 bits per heavy atom. The zero-order valence-corrected chi connectivity index (χ0v) is 14.4. The van der Waals surface area contributed by atoms with Crippen LogP contribution in [0.4, 0.5) is 11.4 Å². The van der Waals surface area contributed by atoms with Crippen molar-refractivity contribution in [2.45, 2.75) is 40.0 Å². The molecule has 23 heavy (non-hydrogen) atoms. The lowest BCUT2D eigenvalue weighted by molar-refractivity contribution is -0.115. The molecular formula is C20H26N2O. The molecule has 122 valence electrons. The van der Waals surface area contributed by atoms with Crippen LogP contribution in [0.25, 0.3) is 0 Å². The molecule has 0 radical (unpaired) electrons. The second-order valence-electron chi connectivity index (χ2n) is 6.29. The van der Waals surface area contributed by atoms with Gasteiger partial charge in [0.2, 0.25) is 5.91 Å². The van der Waals surface area contributed by atoms with Gasteiger partial charge in [0.15, 0.2) is 0 Å². The minimum Gasteiger partial charge on any atom is -0.384 e. The van der Waals surface area contributed by atoms with Gasteiger partial charge in [-0.25, -0.2) is 0 Å². The summed E-state index contributed by atoms with van der Waals surface area (Å²) in [5, 5.41) is 6.37. The van der Waals surface area contributed by atoms with Crippen molar-refractivity contribution in [2.75, 3.05) is 17.2 Å². The molecule has 0 fully saturated rings. The van der Waals surface area contributed by atoms with Crippen molar-refractivity contribution in [3.05, 3.63) is 59.2 Å². The molecule has 2 aromatic rings. The van der Waals surface area contributed by atoms with E-state index >= 15 is 0 Å². The van der Waals surface area contributed by atoms with E-state index < -0.39 is 0 Å². The maximum Gasteiger partial charge on any atom is 0.226 e. The molecule has 0 saturated carbocycles. The van der Waals surface area contributed by atoms with E-state index in [1.165, 1.54) is 5.56 Å². The lowest BCUT2D eigenvalue weighted by atomic mass is 10.0. The molecule has 3 heteroatoms. The van der Waals surface area contributed by atoms with Crippen LogP contribution in [-0.2, 0) is 4.79 Å². The number of nitrogens with one attached hydrogen (secondary N) is 2. The molecule has 0 atom stereocenters. The quantitative estimate of drug-likeness (QED) is 0.799. The maximum absolute atomic E-state index is 12.1. The molecule has 0 aliphatic rings. The summed E-state index contributed by atoms with van der Waals surface area (Å²) in [4.78, 5) is 12.1. The molecule has 0 bridgehead atoms. The number of aryl methyl sites for hydroxylation is 2. The molecule has 0 aliphatic carbocycles. The largest absolute Gasteiger partial charge is 0.384 e. The molecule has 0 aromatic heterocycles. The molecule has 3 nitrogen and oxygen atoms in total. The van der Waals surface area contributed by atoms with Crippen molar-refractivity contribution in [2.24, 2.45) is 0 Å². The van der Waals surface area contributed by atoms with Gasteiger partial charge in [-0.3, -0.25) is 4.79 Å². The van der Waals surface area contributed by atoms with Gasteiger partial charge in [0, 0.05) is 24.3 Å². The van der Waals surface area contributed by atoms with Gasteiger partial charge in [0.25, 0.3) is 0 Å². The van der Waals surface area contributed by atoms with Crippen molar-refractivity contribution in [1.82, 2.24) is 0 Å². The highest BCUT2D eigenvalue weighted by molar-refractivity contribution is 5.91. The number of amides is 1. The van der Waals surface area contributed by atoms with E-state index in [1.54, 1.807) is 0 Å². The molecule has 2 aromatic carbocycles. The maximum atomic E-state index is 12.1. The number of hydrogen-bond acceptors (Lipinski definition) is 2. The van der Waals surface area contributed by atoms with Gasteiger partial charge in [-0.15, -0.1) is 0 Å². The zero-order chi connectivity index (χ0) is 16.8. The van der Waals surface area contributed by atoms with Crippen LogP contribution in [0.3, 0.4) is 0 Å². The molecule has 0 aliphatic heterocycles. The number of anilines is 2. The fourth-order valence-corrected chi connectivity index (χ4v) is 2.56. The Bertz CT molecular complexity index is 677. The van der Waals surface area contributed by atoms with Gasteiger partial charge in [-0.2, -0.15) is 0 Å². The zero-order valence-electron chi connectivity index (χ0n) is 14.4. The Balaban J connectivity index is 1.89. The summed E-state index contributed by atoms with van der Waals surface area (Å²) in [6, 6.07) is 14.4. The van der Waals surface area contributed by atoms with Crippen molar-refractivity contribution >= 4 is 17.3 Å². The predicted molar refractivity (Wildman–Crippen MR) is 98.2 cm³/mol. The summed E-state index contributed by atoms with van der Waals surface area (Å²) >= 11 is 0. The Labute approximate surface area is 139 Å². The first-order chi connectivity index (χ1) is 11.0. The number of rotatable bonds is 6. The lowest BCUT2D eigenvalue weighted by Gasteiger charge is -2.14. The van der Waals surface area contributed by atoms with E-state index in [2.05, 4.69) is 42.7 Å². The number of carbonyl (C=O) groups is 1. The average molecular weight is 310 g/mol. The SMILES string of the molecule is Cc1ccc(C)c(NC(=O)CCNc2ccccc2C(C)C)c1. The first-order valence-corrected chi connectivity index (χ1v) is 8.17. The van der Waals surface area contributed by atoms with Gasteiger partial charge < -0.3 is 10.6 Å². The van der Waals surface area contributed by atoms with Crippen LogP contribution in [0, 0.1) is 13.8 Å². The number of carbonyl (C=O) groups excluding carboxylic acids is 1. The van der Waals surface area contributed by atoms with Crippen LogP contribution in [0.2, 0.25) is 0 Å². The summed E-state index contributed by atoms with van der Waals surface area (Å²) in [5.41, 5.74) is 5.53. The third kappa shape index (κ3) is 4.85. The van der Waals surface area contributed by atoms with Crippen LogP contribution in [0.5, 0.6) is 0 Å². The van der Waals surface area contributed by atoms with E-state index in [9.17, 15) is 4.79 Å². The van der Waals surface area contributed by atoms with Crippen molar-refractivity contribution in [1.29, 1.82) is 0 Å². The van der Waals surface area contributed by atoms with E-state index in [0.717, 1.165) is 22.5 Å². The summed E-state index contributed by atoms with van der Waals surface area (Å²) in [6.45, 7) is 9.01. The van der Waals surface area contributed by atoms with Crippen molar-refractivity contribution in [3.8, 4) is 0 Å². The Morgan fingerprint density at radius 2 is 1.78 bits per heavy atom. The standard InChI is InChI=1S/C20H26N2O/c1-14(2)17-7-5-6-8-18(17)21-12-11-20(23)22-19-13-15(3)9-10-16(19)4/h5-10,13-14,21H,11-12H2,1-4H3,(H,22,23). The van der Waals surface area contributed by atoms with Gasteiger partial charge >= 0.3 is 0 Å². The molecule has 0 unspecified atom stereocenters. The normalized spacial score (nSPS) is 10.7. The summed E-state index contributed by atoms with van der Waals surface area (Å²) < 4.78 is 0. The van der Waals surface area contributed by atoms with Crippen LogP contribution in [-0.4, -0.2) is 12.5 Å². The van der Waals surface area contributed by atoms with Crippen LogP contribution < -0.4 is 10.6 Å². The molecular weight excluding hydrogens is 284 g/mol. The summed E-state index contributed by atoms with van der Waals surface area (Å²) in [7, 11) is 0. The average Bonchev–Trinajstić information content (AvgIpc) is 2.51. The molecule has 2 N–H and O–H groups in total. The predicted octanol–water partition coefficient (Wildman–Crippen LogP) is 4.87. The van der Waals surface area contributed by atoms with Gasteiger partial charge in [-0.1, -0.05) is 44.2 Å². The molecule has 2 rings (SSSR count). The Kier molecular flexibility index (Phi) is 5.80. The highest BCUT2D eigenvalue weighted by Crippen LogP contribution is 2.23. The third-order valence-corrected chi connectivity index (χ3v) is 3.92. The van der Waals surface area contributed by atoms with Crippen molar-refractivity contribution < 1.29 is 4.79 Å². The smallest absolute Gasteiger partial charge is 0.226 e. The highest BCUT2D eigenvalue weighted by atomic mass is 16.1. The number of hydrogen-bond donors (Lipinski definition) is 2. The van der Waals surface area contributed by atoms with Crippen LogP contribution >= 0.6 is 0 Å². The lowest BCUT2D eigenvalue weighted by Crippen LogP contribution is -2.17. The topological polar surface area (TPSA) is 41.1 Å². The number of para-hydroxylation sites is 1. The van der Waals surface area contributed by atoms with E-state index in [4.69, 9.17) is 0 Å². The van der Waals surface area contributed by atoms with Gasteiger partial charge in [0.1, 0.15) is 0 Å². The van der Waals surface area contributed by atoms with Crippen LogP contribution in [0.15, 0.2) is 42.5 Å². The summed E-state index contributed by atoms with van der Waals surface area (Å²) in [6.07, 6.45) is 0.444. The van der Waals surface area contributed by atoms with E-state index in [1.807, 2.05) is 38.1 Å². The van der Waals surface area contributed by atoms with Crippen molar-refractivity contribution in [3.63, 3.8) is 0 Å². The van der Waals surface area contributed by atoms with Gasteiger partial charge in [0.05, 0.1) is 0 Å². The van der Waals surface area contributed by atoms with Crippen LogP contribution in [0.1, 0.15) is 42.9 Å². The fraction of sp³-hybridized carbons (Fsp3) is 0.350.